The third-order valence-electron chi connectivity index (χ3n) is 3.68. The van der Waals surface area contributed by atoms with E-state index in [-0.39, 0.29) is 23.6 Å². The molecule has 0 radical (unpaired) electrons. The zero-order valence-electron chi connectivity index (χ0n) is 14.3. The third kappa shape index (κ3) is 8.55. The van der Waals surface area contributed by atoms with Crippen molar-refractivity contribution in [3.63, 3.8) is 0 Å². The molecular weight excluding hydrogens is 296 g/mol. The van der Waals surface area contributed by atoms with Crippen molar-refractivity contribution in [2.45, 2.75) is 64.1 Å². The van der Waals surface area contributed by atoms with Gasteiger partial charge in [0.2, 0.25) is 0 Å². The Morgan fingerprint density at radius 1 is 1.35 bits per heavy atom. The molecule has 2 aliphatic rings. The van der Waals surface area contributed by atoms with Gasteiger partial charge < -0.3 is 14.2 Å². The average Bonchev–Trinajstić information content (AvgIpc) is 3.42. The summed E-state index contributed by atoms with van der Waals surface area (Å²) in [6, 6.07) is 0. The molecule has 1 aliphatic carbocycles. The lowest BCUT2D eigenvalue weighted by atomic mass is 10.1. The molecule has 1 saturated carbocycles. The van der Waals surface area contributed by atoms with E-state index in [0.717, 1.165) is 19.3 Å². The molecule has 0 N–H and O–H groups in total. The summed E-state index contributed by atoms with van der Waals surface area (Å²) in [7, 11) is 0. The topological polar surface area (TPSA) is 65.1 Å². The SMILES string of the molecule is C=C(C)C(=O)OCC1CO1.C=CC(=O)OC1(CCCCC)CC1. The Hall–Kier alpha value is -1.62. The number of epoxide rings is 1. The Balaban J connectivity index is 0.000000238. The molecule has 1 atom stereocenters. The fourth-order valence-corrected chi connectivity index (χ4v) is 1.95. The van der Waals surface area contributed by atoms with Crippen LogP contribution in [0, 0.1) is 0 Å². The fraction of sp³-hybridized carbons (Fsp3) is 0.667. The second-order valence-electron chi connectivity index (χ2n) is 6.10. The van der Waals surface area contributed by atoms with Gasteiger partial charge in [-0.3, -0.25) is 0 Å². The van der Waals surface area contributed by atoms with E-state index in [2.05, 4.69) is 20.1 Å². The number of unbranched alkanes of at least 4 members (excludes halogenated alkanes) is 2. The highest BCUT2D eigenvalue weighted by molar-refractivity contribution is 5.86. The Labute approximate surface area is 138 Å². The zero-order valence-corrected chi connectivity index (χ0v) is 14.3. The van der Waals surface area contributed by atoms with Gasteiger partial charge in [0, 0.05) is 11.6 Å². The van der Waals surface area contributed by atoms with Crippen LogP contribution in [0.4, 0.5) is 0 Å². The van der Waals surface area contributed by atoms with Gasteiger partial charge in [0.25, 0.3) is 0 Å². The summed E-state index contributed by atoms with van der Waals surface area (Å²) in [6.45, 7) is 11.7. The van der Waals surface area contributed by atoms with E-state index in [9.17, 15) is 9.59 Å². The highest BCUT2D eigenvalue weighted by Crippen LogP contribution is 2.44. The number of esters is 2. The number of carbonyl (C=O) groups excluding carboxylic acids is 2. The van der Waals surface area contributed by atoms with Crippen molar-refractivity contribution < 1.29 is 23.8 Å². The molecule has 5 heteroatoms. The Kier molecular flexibility index (Phi) is 8.03. The van der Waals surface area contributed by atoms with Crippen LogP contribution < -0.4 is 0 Å². The van der Waals surface area contributed by atoms with Gasteiger partial charge in [-0.25, -0.2) is 9.59 Å². The summed E-state index contributed by atoms with van der Waals surface area (Å²) in [5, 5.41) is 0. The quantitative estimate of drug-likeness (QED) is 0.282. The number of hydrogen-bond donors (Lipinski definition) is 0. The monoisotopic (exact) mass is 324 g/mol. The van der Waals surface area contributed by atoms with Crippen LogP contribution in [0.15, 0.2) is 24.8 Å². The van der Waals surface area contributed by atoms with Crippen molar-refractivity contribution in [2.24, 2.45) is 0 Å². The zero-order chi connectivity index (χ0) is 17.3. The van der Waals surface area contributed by atoms with E-state index in [1.165, 1.54) is 25.3 Å². The van der Waals surface area contributed by atoms with E-state index < -0.39 is 0 Å². The molecule has 0 spiro atoms. The van der Waals surface area contributed by atoms with Crippen molar-refractivity contribution in [1.29, 1.82) is 0 Å². The summed E-state index contributed by atoms with van der Waals surface area (Å²) in [5.41, 5.74) is 0.334. The van der Waals surface area contributed by atoms with Crippen LogP contribution in [0.25, 0.3) is 0 Å². The largest absolute Gasteiger partial charge is 0.459 e. The third-order valence-corrected chi connectivity index (χ3v) is 3.68. The van der Waals surface area contributed by atoms with Crippen molar-refractivity contribution in [1.82, 2.24) is 0 Å². The maximum atomic E-state index is 11.0. The Morgan fingerprint density at radius 2 is 2.00 bits per heavy atom. The number of carbonyl (C=O) groups is 2. The number of hydrogen-bond acceptors (Lipinski definition) is 5. The second kappa shape index (κ2) is 9.50. The summed E-state index contributed by atoms with van der Waals surface area (Å²) < 4.78 is 14.9. The lowest BCUT2D eigenvalue weighted by Gasteiger charge is -2.14. The van der Waals surface area contributed by atoms with Gasteiger partial charge in [0.15, 0.2) is 0 Å². The summed E-state index contributed by atoms with van der Waals surface area (Å²) in [5.74, 6) is -0.607. The molecule has 1 unspecified atom stereocenters. The predicted molar refractivity (Wildman–Crippen MR) is 87.9 cm³/mol. The van der Waals surface area contributed by atoms with Gasteiger partial charge in [-0.15, -0.1) is 0 Å². The molecule has 0 aromatic heterocycles. The Bertz CT molecular complexity index is 433. The van der Waals surface area contributed by atoms with Crippen molar-refractivity contribution >= 4 is 11.9 Å². The van der Waals surface area contributed by atoms with E-state index >= 15 is 0 Å². The van der Waals surface area contributed by atoms with Gasteiger partial charge in [-0.1, -0.05) is 32.9 Å². The molecule has 1 saturated heterocycles. The van der Waals surface area contributed by atoms with E-state index in [0.29, 0.717) is 18.8 Å². The molecule has 2 rings (SSSR count). The molecule has 1 aliphatic heterocycles. The normalized spacial score (nSPS) is 19.7. The minimum Gasteiger partial charge on any atom is -0.459 e. The molecule has 130 valence electrons. The van der Waals surface area contributed by atoms with Crippen LogP contribution in [-0.2, 0) is 23.8 Å². The molecule has 5 nitrogen and oxygen atoms in total. The van der Waals surface area contributed by atoms with Gasteiger partial charge in [0.05, 0.1) is 6.61 Å². The maximum Gasteiger partial charge on any atom is 0.333 e. The van der Waals surface area contributed by atoms with Crippen molar-refractivity contribution in [3.8, 4) is 0 Å². The standard InChI is InChI=1S/C11H18O2.C7H10O3/c1-3-5-6-7-11(8-9-11)13-10(12)4-2;1-5(2)7(8)10-4-6-3-9-6/h4H,2-3,5-9H2,1H3;6H,1,3-4H2,2H3. The first-order valence-corrected chi connectivity index (χ1v) is 8.22. The minimum atomic E-state index is -0.337. The van der Waals surface area contributed by atoms with Crippen molar-refractivity contribution in [2.75, 3.05) is 13.2 Å². The highest BCUT2D eigenvalue weighted by Gasteiger charge is 2.45. The lowest BCUT2D eigenvalue weighted by molar-refractivity contribution is -0.145. The summed E-state index contributed by atoms with van der Waals surface area (Å²) in [4.78, 5) is 21.7. The van der Waals surface area contributed by atoms with E-state index in [1.807, 2.05) is 0 Å². The molecule has 0 aromatic carbocycles. The van der Waals surface area contributed by atoms with Crippen LogP contribution in [0.5, 0.6) is 0 Å². The average molecular weight is 324 g/mol. The molecule has 0 amide bonds. The van der Waals surface area contributed by atoms with E-state index in [4.69, 9.17) is 14.2 Å². The molecule has 1 heterocycles. The molecular formula is C18H28O5. The molecule has 2 fully saturated rings. The van der Waals surface area contributed by atoms with Gasteiger partial charge >= 0.3 is 11.9 Å². The first-order chi connectivity index (χ1) is 10.9. The highest BCUT2D eigenvalue weighted by atomic mass is 16.6. The number of rotatable bonds is 9. The fourth-order valence-electron chi connectivity index (χ4n) is 1.95. The molecule has 23 heavy (non-hydrogen) atoms. The van der Waals surface area contributed by atoms with Crippen LogP contribution >= 0.6 is 0 Å². The predicted octanol–water partition coefficient (Wildman–Crippen LogP) is 3.33. The van der Waals surface area contributed by atoms with E-state index in [1.54, 1.807) is 6.92 Å². The first kappa shape index (κ1) is 19.4. The van der Waals surface area contributed by atoms with Crippen LogP contribution in [0.3, 0.4) is 0 Å². The summed E-state index contributed by atoms with van der Waals surface area (Å²) >= 11 is 0. The van der Waals surface area contributed by atoms with Gasteiger partial charge in [-0.05, 0) is 32.6 Å². The lowest BCUT2D eigenvalue weighted by Crippen LogP contribution is -2.17. The smallest absolute Gasteiger partial charge is 0.333 e. The first-order valence-electron chi connectivity index (χ1n) is 8.22. The molecule has 0 bridgehead atoms. The number of ether oxygens (including phenoxy) is 3. The van der Waals surface area contributed by atoms with Crippen LogP contribution in [0.1, 0.15) is 52.4 Å². The molecule has 0 aromatic rings. The maximum absolute atomic E-state index is 11.0. The van der Waals surface area contributed by atoms with Crippen molar-refractivity contribution in [3.05, 3.63) is 24.8 Å². The van der Waals surface area contributed by atoms with Gasteiger partial charge in [0.1, 0.15) is 18.3 Å². The van der Waals surface area contributed by atoms with Gasteiger partial charge in [-0.2, -0.15) is 0 Å². The summed E-state index contributed by atoms with van der Waals surface area (Å²) in [6.07, 6.45) is 8.11. The second-order valence-corrected chi connectivity index (χ2v) is 6.10. The van der Waals surface area contributed by atoms with Crippen LogP contribution in [-0.4, -0.2) is 36.9 Å². The van der Waals surface area contributed by atoms with Crippen LogP contribution in [0.2, 0.25) is 0 Å². The minimum absolute atomic E-state index is 0.0968. The Morgan fingerprint density at radius 3 is 2.43 bits per heavy atom.